The number of nitrogens with one attached hydrogen (secondary N) is 2. The number of benzene rings is 1. The number of aromatic nitrogens is 1. The summed E-state index contributed by atoms with van der Waals surface area (Å²) in [5, 5.41) is 0. The topological polar surface area (TPSA) is 76.3 Å². The molecule has 2 N–H and O–H groups in total. The summed E-state index contributed by atoms with van der Waals surface area (Å²) < 4.78 is 7.09. The SMILES string of the molecule is Cc1cc(C(=O)NNC(=O)/C=C/c2ccco2)c(C)n1-c1ccccc1. The number of nitrogens with zero attached hydrogens (tertiary/aromatic N) is 1. The highest BCUT2D eigenvalue weighted by atomic mass is 16.3. The number of hydrazine groups is 1. The molecule has 0 saturated heterocycles. The van der Waals surface area contributed by atoms with Gasteiger partial charge in [0.2, 0.25) is 0 Å². The Labute approximate surface area is 151 Å². The van der Waals surface area contributed by atoms with Gasteiger partial charge in [0.05, 0.1) is 11.8 Å². The number of hydrogen-bond acceptors (Lipinski definition) is 3. The van der Waals surface area contributed by atoms with Gasteiger partial charge in [-0.25, -0.2) is 0 Å². The first kappa shape index (κ1) is 17.3. The summed E-state index contributed by atoms with van der Waals surface area (Å²) in [7, 11) is 0. The van der Waals surface area contributed by atoms with E-state index < -0.39 is 5.91 Å². The number of carbonyl (C=O) groups is 2. The van der Waals surface area contributed by atoms with Crippen LogP contribution < -0.4 is 10.9 Å². The number of furan rings is 1. The van der Waals surface area contributed by atoms with Crippen LogP contribution in [0, 0.1) is 13.8 Å². The first-order valence-electron chi connectivity index (χ1n) is 8.12. The van der Waals surface area contributed by atoms with Crippen molar-refractivity contribution in [3.63, 3.8) is 0 Å². The van der Waals surface area contributed by atoms with Crippen LogP contribution in [0.15, 0.2) is 65.3 Å². The summed E-state index contributed by atoms with van der Waals surface area (Å²) in [5.41, 5.74) is 8.00. The minimum Gasteiger partial charge on any atom is -0.465 e. The molecule has 0 unspecified atom stereocenters. The average Bonchev–Trinajstić information content (AvgIpc) is 3.26. The zero-order valence-electron chi connectivity index (χ0n) is 14.5. The Morgan fingerprint density at radius 3 is 2.50 bits per heavy atom. The van der Waals surface area contributed by atoms with Crippen molar-refractivity contribution in [2.75, 3.05) is 0 Å². The minimum atomic E-state index is -0.452. The lowest BCUT2D eigenvalue weighted by molar-refractivity contribution is -0.117. The first-order valence-corrected chi connectivity index (χ1v) is 8.12. The average molecular weight is 349 g/mol. The second kappa shape index (κ2) is 7.57. The van der Waals surface area contributed by atoms with E-state index in [1.54, 1.807) is 18.2 Å². The molecule has 0 aliphatic heterocycles. The van der Waals surface area contributed by atoms with Crippen LogP contribution >= 0.6 is 0 Å². The van der Waals surface area contributed by atoms with Gasteiger partial charge in [-0.05, 0) is 50.3 Å². The monoisotopic (exact) mass is 349 g/mol. The van der Waals surface area contributed by atoms with Crippen molar-refractivity contribution < 1.29 is 14.0 Å². The highest BCUT2D eigenvalue weighted by Gasteiger charge is 2.16. The highest BCUT2D eigenvalue weighted by molar-refractivity contribution is 5.98. The molecular weight excluding hydrogens is 330 g/mol. The van der Waals surface area contributed by atoms with E-state index in [2.05, 4.69) is 10.9 Å². The van der Waals surface area contributed by atoms with Crippen molar-refractivity contribution in [3.8, 4) is 5.69 Å². The summed E-state index contributed by atoms with van der Waals surface area (Å²) in [6.07, 6.45) is 4.32. The maximum atomic E-state index is 12.4. The van der Waals surface area contributed by atoms with Gasteiger partial charge in [-0.3, -0.25) is 20.4 Å². The zero-order chi connectivity index (χ0) is 18.5. The van der Waals surface area contributed by atoms with Crippen molar-refractivity contribution >= 4 is 17.9 Å². The Morgan fingerprint density at radius 1 is 1.04 bits per heavy atom. The summed E-state index contributed by atoms with van der Waals surface area (Å²) in [4.78, 5) is 24.2. The fourth-order valence-electron chi connectivity index (χ4n) is 2.74. The molecule has 2 aromatic heterocycles. The Balaban J connectivity index is 1.68. The Bertz CT molecular complexity index is 938. The molecule has 0 bridgehead atoms. The third-order valence-electron chi connectivity index (χ3n) is 3.93. The molecule has 3 rings (SSSR count). The number of rotatable bonds is 4. The third-order valence-corrected chi connectivity index (χ3v) is 3.93. The molecular formula is C20H19N3O3. The smallest absolute Gasteiger partial charge is 0.271 e. The van der Waals surface area contributed by atoms with Gasteiger partial charge in [-0.2, -0.15) is 0 Å². The fraction of sp³-hybridized carbons (Fsp3) is 0.100. The van der Waals surface area contributed by atoms with Gasteiger partial charge >= 0.3 is 0 Å². The lowest BCUT2D eigenvalue weighted by Crippen LogP contribution is -2.40. The van der Waals surface area contributed by atoms with Gasteiger partial charge in [0.25, 0.3) is 11.8 Å². The van der Waals surface area contributed by atoms with E-state index in [1.165, 1.54) is 18.4 Å². The maximum Gasteiger partial charge on any atom is 0.271 e. The van der Waals surface area contributed by atoms with E-state index in [0.717, 1.165) is 17.1 Å². The molecule has 0 spiro atoms. The molecule has 132 valence electrons. The molecule has 0 fully saturated rings. The maximum absolute atomic E-state index is 12.4. The standard InChI is InChI=1S/C20H19N3O3/c1-14-13-18(15(2)23(14)16-7-4-3-5-8-16)20(25)22-21-19(24)11-10-17-9-6-12-26-17/h3-13H,1-2H3,(H,21,24)(H,22,25)/b11-10+. The predicted molar refractivity (Wildman–Crippen MR) is 98.6 cm³/mol. The van der Waals surface area contributed by atoms with Crippen LogP contribution in [-0.2, 0) is 4.79 Å². The van der Waals surface area contributed by atoms with Crippen molar-refractivity contribution in [2.24, 2.45) is 0 Å². The molecule has 2 heterocycles. The number of para-hydroxylation sites is 1. The molecule has 0 atom stereocenters. The molecule has 0 saturated carbocycles. The van der Waals surface area contributed by atoms with E-state index in [-0.39, 0.29) is 5.91 Å². The quantitative estimate of drug-likeness (QED) is 0.561. The summed E-state index contributed by atoms with van der Waals surface area (Å²) >= 11 is 0. The molecule has 1 aromatic carbocycles. The Hall–Kier alpha value is -3.54. The highest BCUT2D eigenvalue weighted by Crippen LogP contribution is 2.20. The Morgan fingerprint density at radius 2 is 1.81 bits per heavy atom. The van der Waals surface area contributed by atoms with Crippen LogP contribution in [0.5, 0.6) is 0 Å². The van der Waals surface area contributed by atoms with Gasteiger partial charge in [0.1, 0.15) is 5.76 Å². The summed E-state index contributed by atoms with van der Waals surface area (Å²) in [6, 6.07) is 15.0. The number of hydrogen-bond donors (Lipinski definition) is 2. The number of aryl methyl sites for hydroxylation is 1. The molecule has 3 aromatic rings. The molecule has 26 heavy (non-hydrogen) atoms. The van der Waals surface area contributed by atoms with Gasteiger partial charge in [0, 0.05) is 23.2 Å². The summed E-state index contributed by atoms with van der Waals surface area (Å²) in [5.74, 6) is -0.274. The number of amides is 2. The second-order valence-corrected chi connectivity index (χ2v) is 5.75. The van der Waals surface area contributed by atoms with Gasteiger partial charge < -0.3 is 8.98 Å². The van der Waals surface area contributed by atoms with E-state index >= 15 is 0 Å². The van der Waals surface area contributed by atoms with Crippen molar-refractivity contribution in [1.82, 2.24) is 15.4 Å². The zero-order valence-corrected chi connectivity index (χ0v) is 14.5. The van der Waals surface area contributed by atoms with Crippen LogP contribution in [0.4, 0.5) is 0 Å². The van der Waals surface area contributed by atoms with Crippen LogP contribution in [-0.4, -0.2) is 16.4 Å². The van der Waals surface area contributed by atoms with Gasteiger partial charge in [-0.15, -0.1) is 0 Å². The molecule has 0 radical (unpaired) electrons. The Kier molecular flexibility index (Phi) is 5.03. The molecule has 2 amide bonds. The van der Waals surface area contributed by atoms with Gasteiger partial charge in [-0.1, -0.05) is 18.2 Å². The molecule has 0 aliphatic rings. The molecule has 6 nitrogen and oxygen atoms in total. The van der Waals surface area contributed by atoms with Crippen molar-refractivity contribution in [1.29, 1.82) is 0 Å². The fourth-order valence-corrected chi connectivity index (χ4v) is 2.74. The molecule has 6 heteroatoms. The van der Waals surface area contributed by atoms with Crippen molar-refractivity contribution in [2.45, 2.75) is 13.8 Å². The second-order valence-electron chi connectivity index (χ2n) is 5.75. The van der Waals surface area contributed by atoms with Crippen LogP contribution in [0.3, 0.4) is 0 Å². The van der Waals surface area contributed by atoms with E-state index in [9.17, 15) is 9.59 Å². The van der Waals surface area contributed by atoms with Crippen LogP contribution in [0.2, 0.25) is 0 Å². The predicted octanol–water partition coefficient (Wildman–Crippen LogP) is 3.16. The van der Waals surface area contributed by atoms with Crippen LogP contribution in [0.1, 0.15) is 27.5 Å². The summed E-state index contributed by atoms with van der Waals surface area (Å²) in [6.45, 7) is 3.80. The first-order chi connectivity index (χ1) is 12.6. The van der Waals surface area contributed by atoms with E-state index in [0.29, 0.717) is 11.3 Å². The lowest BCUT2D eigenvalue weighted by Gasteiger charge is -2.10. The molecule has 0 aliphatic carbocycles. The van der Waals surface area contributed by atoms with E-state index in [1.807, 2.05) is 48.7 Å². The van der Waals surface area contributed by atoms with Crippen LogP contribution in [0.25, 0.3) is 11.8 Å². The number of carbonyl (C=O) groups excluding carboxylic acids is 2. The lowest BCUT2D eigenvalue weighted by atomic mass is 10.2. The van der Waals surface area contributed by atoms with E-state index in [4.69, 9.17) is 4.42 Å². The van der Waals surface area contributed by atoms with Crippen molar-refractivity contribution in [3.05, 3.63) is 83.6 Å². The minimum absolute atomic E-state index is 0.375. The van der Waals surface area contributed by atoms with Gasteiger partial charge in [0.15, 0.2) is 0 Å². The largest absolute Gasteiger partial charge is 0.465 e. The third kappa shape index (κ3) is 3.75. The normalized spacial score (nSPS) is 10.8.